The van der Waals surface area contributed by atoms with Gasteiger partial charge in [-0.25, -0.2) is 9.59 Å². The first-order chi connectivity index (χ1) is 9.22. The largest absolute Gasteiger partial charge is 0.480 e. The zero-order valence-corrected chi connectivity index (χ0v) is 11.9. The molecule has 2 atom stereocenters. The summed E-state index contributed by atoms with van der Waals surface area (Å²) in [6, 6.07) is -1.58. The smallest absolute Gasteiger partial charge is 0.326 e. The number of aliphatic carboxylic acids is 1. The van der Waals surface area contributed by atoms with Crippen LogP contribution in [-0.2, 0) is 9.59 Å². The van der Waals surface area contributed by atoms with Crippen LogP contribution >= 0.6 is 0 Å². The average Bonchev–Trinajstić information content (AvgIpc) is 2.63. The lowest BCUT2D eigenvalue weighted by molar-refractivity contribution is -0.139. The number of hydrogen-bond acceptors (Lipinski definition) is 3. The summed E-state index contributed by atoms with van der Waals surface area (Å²) in [6.45, 7) is 4.15. The van der Waals surface area contributed by atoms with E-state index >= 15 is 0 Å². The van der Waals surface area contributed by atoms with Crippen LogP contribution in [0.5, 0.6) is 0 Å². The highest BCUT2D eigenvalue weighted by Gasteiger charge is 2.35. The van der Waals surface area contributed by atoms with Gasteiger partial charge in [0.1, 0.15) is 6.04 Å². The van der Waals surface area contributed by atoms with Gasteiger partial charge in [-0.1, -0.05) is 20.3 Å². The van der Waals surface area contributed by atoms with Gasteiger partial charge in [-0.2, -0.15) is 0 Å². The van der Waals surface area contributed by atoms with E-state index in [1.165, 1.54) is 0 Å². The Kier molecular flexibility index (Phi) is 5.35. The van der Waals surface area contributed by atoms with Crippen molar-refractivity contribution < 1.29 is 19.5 Å². The Morgan fingerprint density at radius 1 is 1.40 bits per heavy atom. The molecule has 1 fully saturated rings. The molecule has 3 amide bonds. The summed E-state index contributed by atoms with van der Waals surface area (Å²) < 4.78 is 0. The summed E-state index contributed by atoms with van der Waals surface area (Å²) in [4.78, 5) is 33.5. The molecule has 0 aliphatic heterocycles. The van der Waals surface area contributed by atoms with E-state index in [4.69, 9.17) is 10.8 Å². The number of primary amides is 1. The maximum absolute atomic E-state index is 11.8. The van der Waals surface area contributed by atoms with Gasteiger partial charge in [-0.3, -0.25) is 4.79 Å². The summed E-state index contributed by atoms with van der Waals surface area (Å²) in [5.41, 5.74) is 5.00. The molecule has 1 aliphatic carbocycles. The number of nitrogens with two attached hydrogens (primary N) is 1. The normalized spacial score (nSPS) is 22.0. The van der Waals surface area contributed by atoms with Gasteiger partial charge in [0.05, 0.1) is 0 Å². The van der Waals surface area contributed by atoms with Gasteiger partial charge in [-0.15, -0.1) is 0 Å². The summed E-state index contributed by atoms with van der Waals surface area (Å²) in [6.07, 6.45) is 2.88. The van der Waals surface area contributed by atoms with Gasteiger partial charge in [-0.05, 0) is 24.7 Å². The highest BCUT2D eigenvalue weighted by Crippen LogP contribution is 2.37. The molecule has 7 nitrogen and oxygen atoms in total. The van der Waals surface area contributed by atoms with Crippen LogP contribution in [0.4, 0.5) is 4.79 Å². The molecule has 1 aliphatic rings. The minimum atomic E-state index is -1.17. The zero-order chi connectivity index (χ0) is 15.3. The minimum Gasteiger partial charge on any atom is -0.480 e. The molecule has 0 radical (unpaired) electrons. The fraction of sp³-hybridized carbons (Fsp3) is 0.769. The zero-order valence-electron chi connectivity index (χ0n) is 11.9. The third-order valence-electron chi connectivity index (χ3n) is 3.85. The standard InChI is InChI=1S/C13H23N3O4/c1-13(2)7-3-4-9(13)16-12(20)15-8(11(18)19)5-6-10(14)17/h8-9H,3-7H2,1-2H3,(H2,14,17)(H,18,19)(H2,15,16,20)/t8-,9?/m0/s1. The van der Waals surface area contributed by atoms with Gasteiger partial charge in [0, 0.05) is 12.5 Å². The van der Waals surface area contributed by atoms with Crippen LogP contribution in [0.15, 0.2) is 0 Å². The lowest BCUT2D eigenvalue weighted by Crippen LogP contribution is -2.51. The summed E-state index contributed by atoms with van der Waals surface area (Å²) in [7, 11) is 0. The number of hydrogen-bond donors (Lipinski definition) is 4. The van der Waals surface area contributed by atoms with Crippen molar-refractivity contribution in [3.8, 4) is 0 Å². The molecular formula is C13H23N3O4. The molecule has 0 aromatic carbocycles. The first kappa shape index (κ1) is 16.3. The van der Waals surface area contributed by atoms with Crippen molar-refractivity contribution in [1.82, 2.24) is 10.6 Å². The number of carbonyl (C=O) groups is 3. The molecule has 0 bridgehead atoms. The molecule has 114 valence electrons. The second kappa shape index (κ2) is 6.58. The van der Waals surface area contributed by atoms with Gasteiger partial charge < -0.3 is 21.5 Å². The van der Waals surface area contributed by atoms with Crippen molar-refractivity contribution in [3.05, 3.63) is 0 Å². The molecule has 7 heteroatoms. The fourth-order valence-corrected chi connectivity index (χ4v) is 2.50. The van der Waals surface area contributed by atoms with E-state index in [2.05, 4.69) is 24.5 Å². The Balaban J connectivity index is 2.49. The van der Waals surface area contributed by atoms with Crippen LogP contribution in [0.25, 0.3) is 0 Å². The van der Waals surface area contributed by atoms with E-state index in [-0.39, 0.29) is 24.3 Å². The number of nitrogens with one attached hydrogen (secondary N) is 2. The number of rotatable bonds is 6. The monoisotopic (exact) mass is 285 g/mol. The Labute approximate surface area is 118 Å². The van der Waals surface area contributed by atoms with Gasteiger partial charge in [0.25, 0.3) is 0 Å². The van der Waals surface area contributed by atoms with Crippen LogP contribution in [-0.4, -0.2) is 35.1 Å². The first-order valence-electron chi connectivity index (χ1n) is 6.80. The van der Waals surface area contributed by atoms with Crippen LogP contribution in [0.2, 0.25) is 0 Å². The molecule has 0 aromatic heterocycles. The topological polar surface area (TPSA) is 122 Å². The average molecular weight is 285 g/mol. The maximum Gasteiger partial charge on any atom is 0.326 e. The highest BCUT2D eigenvalue weighted by atomic mass is 16.4. The third kappa shape index (κ3) is 4.71. The number of carboxylic acids is 1. The fourth-order valence-electron chi connectivity index (χ4n) is 2.50. The van der Waals surface area contributed by atoms with E-state index in [0.717, 1.165) is 19.3 Å². The molecule has 1 rings (SSSR count). The van der Waals surface area contributed by atoms with Crippen LogP contribution in [0, 0.1) is 5.41 Å². The Hall–Kier alpha value is -1.79. The van der Waals surface area contributed by atoms with Crippen LogP contribution in [0.3, 0.4) is 0 Å². The first-order valence-corrected chi connectivity index (χ1v) is 6.80. The van der Waals surface area contributed by atoms with E-state index in [1.807, 2.05) is 0 Å². The molecule has 0 heterocycles. The number of carboxylic acid groups (broad SMARTS) is 1. The van der Waals surface area contributed by atoms with Crippen molar-refractivity contribution in [2.24, 2.45) is 11.1 Å². The second-order valence-corrected chi connectivity index (χ2v) is 5.95. The maximum atomic E-state index is 11.8. The molecule has 0 spiro atoms. The van der Waals surface area contributed by atoms with Crippen molar-refractivity contribution >= 4 is 17.9 Å². The van der Waals surface area contributed by atoms with Crippen LogP contribution < -0.4 is 16.4 Å². The van der Waals surface area contributed by atoms with Crippen LogP contribution in [0.1, 0.15) is 46.0 Å². The molecular weight excluding hydrogens is 262 g/mol. The Morgan fingerprint density at radius 2 is 2.05 bits per heavy atom. The second-order valence-electron chi connectivity index (χ2n) is 5.95. The molecule has 0 saturated heterocycles. The molecule has 0 aromatic rings. The highest BCUT2D eigenvalue weighted by molar-refractivity contribution is 5.83. The molecule has 20 heavy (non-hydrogen) atoms. The van der Waals surface area contributed by atoms with Crippen molar-refractivity contribution in [3.63, 3.8) is 0 Å². The van der Waals surface area contributed by atoms with Crippen molar-refractivity contribution in [2.45, 2.75) is 58.0 Å². The molecule has 1 unspecified atom stereocenters. The SMILES string of the molecule is CC1(C)CCCC1NC(=O)N[C@@H](CCC(N)=O)C(=O)O. The Bertz CT molecular complexity index is 395. The summed E-state index contributed by atoms with van der Waals surface area (Å²) >= 11 is 0. The minimum absolute atomic E-state index is 0.00779. The lowest BCUT2D eigenvalue weighted by Gasteiger charge is -2.28. The van der Waals surface area contributed by atoms with E-state index in [9.17, 15) is 14.4 Å². The van der Waals surface area contributed by atoms with E-state index < -0.39 is 23.9 Å². The summed E-state index contributed by atoms with van der Waals surface area (Å²) in [5.74, 6) is -1.76. The van der Waals surface area contributed by atoms with Gasteiger partial charge in [0.15, 0.2) is 0 Å². The number of urea groups is 1. The molecule has 1 saturated carbocycles. The summed E-state index contributed by atoms with van der Waals surface area (Å²) in [5, 5.41) is 14.2. The number of amides is 3. The number of carbonyl (C=O) groups excluding carboxylic acids is 2. The van der Waals surface area contributed by atoms with Gasteiger partial charge in [0.2, 0.25) is 5.91 Å². The van der Waals surface area contributed by atoms with E-state index in [1.54, 1.807) is 0 Å². The Morgan fingerprint density at radius 3 is 2.50 bits per heavy atom. The lowest BCUT2D eigenvalue weighted by atomic mass is 9.87. The van der Waals surface area contributed by atoms with E-state index in [0.29, 0.717) is 0 Å². The van der Waals surface area contributed by atoms with Crippen molar-refractivity contribution in [2.75, 3.05) is 0 Å². The van der Waals surface area contributed by atoms with Gasteiger partial charge >= 0.3 is 12.0 Å². The third-order valence-corrected chi connectivity index (χ3v) is 3.85. The van der Waals surface area contributed by atoms with Crippen molar-refractivity contribution in [1.29, 1.82) is 0 Å². The predicted octanol–water partition coefficient (Wildman–Crippen LogP) is 0.583. The predicted molar refractivity (Wildman–Crippen MR) is 72.9 cm³/mol. The molecule has 5 N–H and O–H groups in total. The quantitative estimate of drug-likeness (QED) is 0.570.